The minimum Gasteiger partial charge on any atom is -0.309 e. The summed E-state index contributed by atoms with van der Waals surface area (Å²) < 4.78 is 4.73. The Morgan fingerprint density at radius 3 is 1.70 bits per heavy atom. The van der Waals surface area contributed by atoms with E-state index in [4.69, 9.17) is 9.97 Å². The molecular weight excluding hydrogens is 681 g/mol. The van der Waals surface area contributed by atoms with Crippen molar-refractivity contribution in [2.45, 2.75) is 0 Å². The van der Waals surface area contributed by atoms with Crippen molar-refractivity contribution < 1.29 is 0 Å². The highest BCUT2D eigenvalue weighted by Crippen LogP contribution is 2.40. The maximum absolute atomic E-state index is 5.17. The number of rotatable bonds is 6. The van der Waals surface area contributed by atoms with Crippen LogP contribution in [0.5, 0.6) is 0 Å². The first-order valence-corrected chi connectivity index (χ1v) is 19.0. The molecule has 0 saturated carbocycles. The van der Waals surface area contributed by atoms with E-state index >= 15 is 0 Å². The molecule has 0 N–H and O–H groups in total. The van der Waals surface area contributed by atoms with Gasteiger partial charge in [0.15, 0.2) is 0 Å². The lowest BCUT2D eigenvalue weighted by atomic mass is 10.00. The zero-order chi connectivity index (χ0) is 37.0. The summed E-state index contributed by atoms with van der Waals surface area (Å²) in [5.74, 6) is 0. The molecule has 7 aromatic carbocycles. The number of nitrogens with zero attached hydrogens (tertiary/aromatic N) is 4. The smallest absolute Gasteiger partial charge is 0.0963 e. The summed E-state index contributed by atoms with van der Waals surface area (Å²) in [5.41, 5.74) is 16.5. The highest BCUT2D eigenvalue weighted by atomic mass is 15.0. The molecule has 0 amide bonds. The summed E-state index contributed by atoms with van der Waals surface area (Å²) in [6, 6.07) is 71.2. The van der Waals surface area contributed by atoms with E-state index in [-0.39, 0.29) is 0 Å². The van der Waals surface area contributed by atoms with Crippen molar-refractivity contribution in [2.24, 2.45) is 0 Å². The molecule has 4 heteroatoms. The molecule has 11 aromatic rings. The van der Waals surface area contributed by atoms with Gasteiger partial charge >= 0.3 is 0 Å². The van der Waals surface area contributed by atoms with Crippen LogP contribution in [0.4, 0.5) is 0 Å². The van der Waals surface area contributed by atoms with Gasteiger partial charge in [-0.1, -0.05) is 133 Å². The van der Waals surface area contributed by atoms with Gasteiger partial charge in [-0.05, 0) is 83.4 Å². The first-order chi connectivity index (χ1) is 27.8. The van der Waals surface area contributed by atoms with Crippen molar-refractivity contribution in [3.8, 4) is 56.1 Å². The lowest BCUT2D eigenvalue weighted by molar-refractivity contribution is 1.17. The van der Waals surface area contributed by atoms with Crippen LogP contribution in [0.3, 0.4) is 0 Å². The van der Waals surface area contributed by atoms with E-state index in [1.54, 1.807) is 0 Å². The number of para-hydroxylation sites is 3. The fourth-order valence-electron chi connectivity index (χ4n) is 8.39. The Kier molecular flexibility index (Phi) is 7.46. The van der Waals surface area contributed by atoms with Gasteiger partial charge in [-0.2, -0.15) is 0 Å². The third kappa shape index (κ3) is 5.23. The zero-order valence-electron chi connectivity index (χ0n) is 30.4. The molecule has 0 radical (unpaired) electrons. The quantitative estimate of drug-likeness (QED) is 0.172. The molecule has 11 rings (SSSR count). The summed E-state index contributed by atoms with van der Waals surface area (Å²) in [4.78, 5) is 10.1. The van der Waals surface area contributed by atoms with Gasteiger partial charge in [-0.3, -0.25) is 4.98 Å². The second kappa shape index (κ2) is 13.1. The van der Waals surface area contributed by atoms with Crippen LogP contribution in [0.15, 0.2) is 206 Å². The second-order valence-electron chi connectivity index (χ2n) is 14.2. The fraction of sp³-hybridized carbons (Fsp3) is 0. The summed E-state index contributed by atoms with van der Waals surface area (Å²) in [6.07, 6.45) is 1.89. The predicted molar refractivity (Wildman–Crippen MR) is 232 cm³/mol. The van der Waals surface area contributed by atoms with Crippen LogP contribution in [0.2, 0.25) is 0 Å². The zero-order valence-corrected chi connectivity index (χ0v) is 30.4. The third-order valence-corrected chi connectivity index (χ3v) is 11.0. The summed E-state index contributed by atoms with van der Waals surface area (Å²) in [7, 11) is 0. The van der Waals surface area contributed by atoms with Crippen LogP contribution < -0.4 is 0 Å². The molecular formula is C52H34N4. The molecule has 0 aliphatic carbocycles. The van der Waals surface area contributed by atoms with Crippen molar-refractivity contribution in [3.63, 3.8) is 0 Å². The number of aromatic nitrogens is 4. The van der Waals surface area contributed by atoms with Gasteiger partial charge in [0.1, 0.15) is 0 Å². The maximum Gasteiger partial charge on any atom is 0.0963 e. The molecule has 4 nitrogen and oxygen atoms in total. The van der Waals surface area contributed by atoms with Gasteiger partial charge in [-0.15, -0.1) is 0 Å². The Bertz CT molecular complexity index is 3160. The van der Waals surface area contributed by atoms with Crippen molar-refractivity contribution in [2.75, 3.05) is 0 Å². The molecule has 4 heterocycles. The van der Waals surface area contributed by atoms with Crippen molar-refractivity contribution >= 4 is 43.7 Å². The van der Waals surface area contributed by atoms with Crippen LogP contribution in [0, 0.1) is 0 Å². The monoisotopic (exact) mass is 714 g/mol. The lowest BCUT2D eigenvalue weighted by Crippen LogP contribution is -1.96. The number of benzene rings is 7. The molecule has 4 aromatic heterocycles. The summed E-state index contributed by atoms with van der Waals surface area (Å²) in [5, 5.41) is 3.60. The Morgan fingerprint density at radius 2 is 0.929 bits per heavy atom. The summed E-state index contributed by atoms with van der Waals surface area (Å²) >= 11 is 0. The molecule has 0 unspecified atom stereocenters. The van der Waals surface area contributed by atoms with Gasteiger partial charge in [-0.25, -0.2) is 4.98 Å². The Labute approximate surface area is 324 Å². The number of hydrogen-bond donors (Lipinski definition) is 0. The molecule has 262 valence electrons. The van der Waals surface area contributed by atoms with Crippen molar-refractivity contribution in [1.82, 2.24) is 19.1 Å². The average Bonchev–Trinajstić information content (AvgIpc) is 3.80. The topological polar surface area (TPSA) is 35.6 Å². The average molecular weight is 715 g/mol. The first kappa shape index (κ1) is 31.9. The van der Waals surface area contributed by atoms with E-state index in [9.17, 15) is 0 Å². The second-order valence-corrected chi connectivity index (χ2v) is 14.2. The van der Waals surface area contributed by atoms with E-state index in [2.05, 4.69) is 197 Å². The molecule has 0 aliphatic heterocycles. The Balaban J connectivity index is 1.05. The predicted octanol–water partition coefficient (Wildman–Crippen LogP) is 13.3. The molecule has 0 fully saturated rings. The summed E-state index contributed by atoms with van der Waals surface area (Å²) in [6.45, 7) is 0. The molecule has 0 spiro atoms. The largest absolute Gasteiger partial charge is 0.309 e. The third-order valence-electron chi connectivity index (χ3n) is 11.0. The first-order valence-electron chi connectivity index (χ1n) is 19.0. The maximum atomic E-state index is 5.17. The number of hydrogen-bond acceptors (Lipinski definition) is 2. The van der Waals surface area contributed by atoms with Crippen LogP contribution >= 0.6 is 0 Å². The minimum atomic E-state index is 0.937. The van der Waals surface area contributed by atoms with Crippen molar-refractivity contribution in [1.29, 1.82) is 0 Å². The van der Waals surface area contributed by atoms with Gasteiger partial charge in [0.25, 0.3) is 0 Å². The van der Waals surface area contributed by atoms with Gasteiger partial charge < -0.3 is 9.13 Å². The Morgan fingerprint density at radius 1 is 0.339 bits per heavy atom. The van der Waals surface area contributed by atoms with E-state index in [1.165, 1.54) is 32.9 Å². The normalized spacial score (nSPS) is 11.6. The van der Waals surface area contributed by atoms with E-state index in [0.717, 1.165) is 67.0 Å². The highest BCUT2D eigenvalue weighted by Gasteiger charge is 2.19. The van der Waals surface area contributed by atoms with Crippen molar-refractivity contribution in [3.05, 3.63) is 206 Å². The standard InChI is InChI=1S/C52H34N4/c1-4-14-35(15-5-1)39-33-46(36-16-6-2-7-17-36)54-47(34-39)37-25-28-41(29-26-37)55-49-30-27-38(32-45(49)51-50(55)24-13-31-53-51)42-21-12-22-44-43-20-10-11-23-48(43)56(52(42)44)40-18-8-3-9-19-40/h1-34H. The Hall–Kier alpha value is -7.56. The molecule has 56 heavy (non-hydrogen) atoms. The van der Waals surface area contributed by atoms with Crippen LogP contribution in [0.1, 0.15) is 0 Å². The lowest BCUT2D eigenvalue weighted by Gasteiger charge is -2.13. The number of pyridine rings is 2. The van der Waals surface area contributed by atoms with Gasteiger partial charge in [0.05, 0.1) is 39.0 Å². The molecule has 0 saturated heterocycles. The van der Waals surface area contributed by atoms with Gasteiger partial charge in [0, 0.05) is 50.4 Å². The SMILES string of the molecule is c1ccc(-c2cc(-c3ccccc3)nc(-c3ccc(-n4c5ccc(-c6cccc7c8ccccc8n(-c8ccccc8)c67)cc5c5ncccc54)cc3)c2)cc1. The van der Waals surface area contributed by atoms with Crippen LogP contribution in [-0.2, 0) is 0 Å². The van der Waals surface area contributed by atoms with Gasteiger partial charge in [0.2, 0.25) is 0 Å². The van der Waals surface area contributed by atoms with E-state index in [1.807, 2.05) is 18.3 Å². The fourth-order valence-corrected chi connectivity index (χ4v) is 8.39. The minimum absolute atomic E-state index is 0.937. The van der Waals surface area contributed by atoms with Crippen LogP contribution in [0.25, 0.3) is 99.9 Å². The van der Waals surface area contributed by atoms with E-state index < -0.39 is 0 Å². The van der Waals surface area contributed by atoms with Crippen LogP contribution in [-0.4, -0.2) is 19.1 Å². The molecule has 0 atom stereocenters. The highest BCUT2D eigenvalue weighted by molar-refractivity contribution is 6.15. The van der Waals surface area contributed by atoms with E-state index in [0.29, 0.717) is 0 Å². The molecule has 0 bridgehead atoms. The molecule has 0 aliphatic rings. The number of fused-ring (bicyclic) bond motifs is 6.